The summed E-state index contributed by atoms with van der Waals surface area (Å²) in [6, 6.07) is 8.78. The molecule has 1 amide bonds. The number of hydrogen-bond donors (Lipinski definition) is 2. The molecule has 8 nitrogen and oxygen atoms in total. The van der Waals surface area contributed by atoms with Gasteiger partial charge in [0.1, 0.15) is 17.1 Å². The fraction of sp³-hybridized carbons (Fsp3) is 0.235. The molecule has 0 atom stereocenters. The first-order valence-corrected chi connectivity index (χ1v) is 9.44. The zero-order valence-corrected chi connectivity index (χ0v) is 14.5. The first-order valence-electron chi connectivity index (χ1n) is 8.00. The van der Waals surface area contributed by atoms with Crippen molar-refractivity contribution >= 4 is 21.6 Å². The van der Waals surface area contributed by atoms with Crippen LogP contribution in [0, 0.1) is 0 Å². The zero-order valence-electron chi connectivity index (χ0n) is 13.6. The maximum Gasteiger partial charge on any atom is 0.263 e. The molecule has 9 heteroatoms. The third kappa shape index (κ3) is 2.79. The van der Waals surface area contributed by atoms with E-state index in [0.717, 1.165) is 0 Å². The first kappa shape index (κ1) is 16.8. The summed E-state index contributed by atoms with van der Waals surface area (Å²) in [6.07, 6.45) is 0. The molecule has 0 bridgehead atoms. The number of phenols is 1. The molecule has 2 aromatic rings. The van der Waals surface area contributed by atoms with E-state index in [9.17, 15) is 18.3 Å². The van der Waals surface area contributed by atoms with E-state index >= 15 is 0 Å². The van der Waals surface area contributed by atoms with Gasteiger partial charge in [-0.25, -0.2) is 8.42 Å². The highest BCUT2D eigenvalue weighted by Crippen LogP contribution is 2.39. The number of fused-ring (bicyclic) bond motifs is 2. The number of rotatable bonds is 2. The number of ether oxygens (including phenoxy) is 2. The number of carbonyl (C=O) groups excluding carboxylic acids is 1. The average Bonchev–Trinajstić information content (AvgIpc) is 2.78. The summed E-state index contributed by atoms with van der Waals surface area (Å²) in [5, 5.41) is 12.5. The van der Waals surface area contributed by atoms with Crippen LogP contribution in [0.5, 0.6) is 17.2 Å². The van der Waals surface area contributed by atoms with Crippen LogP contribution in [0.4, 0.5) is 5.69 Å². The van der Waals surface area contributed by atoms with Gasteiger partial charge in [0.25, 0.3) is 5.91 Å². The summed E-state index contributed by atoms with van der Waals surface area (Å²) >= 11 is 0. The number of aromatic hydroxyl groups is 1. The Morgan fingerprint density at radius 3 is 2.62 bits per heavy atom. The monoisotopic (exact) mass is 376 g/mol. The number of amides is 1. The number of nitrogens with one attached hydrogen (secondary N) is 1. The lowest BCUT2D eigenvalue weighted by Crippen LogP contribution is -2.40. The summed E-state index contributed by atoms with van der Waals surface area (Å²) in [6.45, 7) is 1.25. The van der Waals surface area contributed by atoms with Crippen LogP contribution in [-0.4, -0.2) is 50.0 Å². The number of carbonyl (C=O) groups is 1. The number of benzene rings is 2. The second-order valence-corrected chi connectivity index (χ2v) is 7.82. The number of anilines is 1. The number of nitrogens with zero attached hydrogens (tertiary/aromatic N) is 1. The van der Waals surface area contributed by atoms with Crippen LogP contribution in [0.2, 0.25) is 0 Å². The third-order valence-corrected chi connectivity index (χ3v) is 6.15. The largest absolute Gasteiger partial charge is 0.507 e. The standard InChI is InChI=1S/C17H16N2O6S/c20-13-2-1-3-15-16(13)17(21)18-12-10-11(4-5-14(12)25-15)26(22,23)19-6-8-24-9-7-19/h1-5,10,20H,6-9H2,(H,18,21). The van der Waals surface area contributed by atoms with Crippen LogP contribution >= 0.6 is 0 Å². The van der Waals surface area contributed by atoms with E-state index < -0.39 is 15.9 Å². The molecule has 2 heterocycles. The van der Waals surface area contributed by atoms with Gasteiger partial charge < -0.3 is 19.9 Å². The van der Waals surface area contributed by atoms with Crippen molar-refractivity contribution in [3.63, 3.8) is 0 Å². The molecule has 0 aliphatic carbocycles. The smallest absolute Gasteiger partial charge is 0.263 e. The Morgan fingerprint density at radius 2 is 1.85 bits per heavy atom. The molecule has 4 rings (SSSR count). The lowest BCUT2D eigenvalue weighted by Gasteiger charge is -2.26. The van der Waals surface area contributed by atoms with Crippen molar-refractivity contribution in [3.05, 3.63) is 42.0 Å². The van der Waals surface area contributed by atoms with Crippen LogP contribution in [0.25, 0.3) is 0 Å². The van der Waals surface area contributed by atoms with E-state index in [2.05, 4.69) is 5.32 Å². The van der Waals surface area contributed by atoms with Crippen molar-refractivity contribution in [3.8, 4) is 17.2 Å². The quantitative estimate of drug-likeness (QED) is 0.828. The molecule has 26 heavy (non-hydrogen) atoms. The minimum Gasteiger partial charge on any atom is -0.507 e. The van der Waals surface area contributed by atoms with Crippen molar-refractivity contribution < 1.29 is 27.8 Å². The second-order valence-electron chi connectivity index (χ2n) is 5.88. The van der Waals surface area contributed by atoms with Crippen LogP contribution in [-0.2, 0) is 14.8 Å². The van der Waals surface area contributed by atoms with Gasteiger partial charge in [-0.15, -0.1) is 0 Å². The molecule has 136 valence electrons. The van der Waals surface area contributed by atoms with Crippen molar-refractivity contribution in [1.82, 2.24) is 4.31 Å². The molecule has 2 N–H and O–H groups in total. The van der Waals surface area contributed by atoms with Gasteiger partial charge in [-0.1, -0.05) is 6.07 Å². The van der Waals surface area contributed by atoms with Gasteiger partial charge >= 0.3 is 0 Å². The Balaban J connectivity index is 1.73. The van der Waals surface area contributed by atoms with Gasteiger partial charge in [0.05, 0.1) is 23.8 Å². The molecule has 1 fully saturated rings. The number of sulfonamides is 1. The summed E-state index contributed by atoms with van der Waals surface area (Å²) in [7, 11) is -3.70. The highest BCUT2D eigenvalue weighted by Gasteiger charge is 2.29. The molecule has 1 saturated heterocycles. The van der Waals surface area contributed by atoms with E-state index in [1.54, 1.807) is 12.1 Å². The van der Waals surface area contributed by atoms with Crippen molar-refractivity contribution in [2.24, 2.45) is 0 Å². The molecular formula is C17H16N2O6S. The summed E-state index contributed by atoms with van der Waals surface area (Å²) in [5.74, 6) is -0.291. The Hall–Kier alpha value is -2.62. The Kier molecular flexibility index (Phi) is 4.06. The summed E-state index contributed by atoms with van der Waals surface area (Å²) in [4.78, 5) is 12.5. The predicted molar refractivity (Wildman–Crippen MR) is 92.2 cm³/mol. The zero-order chi connectivity index (χ0) is 18.3. The van der Waals surface area contributed by atoms with E-state index in [4.69, 9.17) is 9.47 Å². The molecule has 2 aliphatic rings. The Morgan fingerprint density at radius 1 is 1.08 bits per heavy atom. The molecule has 2 aromatic carbocycles. The van der Waals surface area contributed by atoms with Gasteiger partial charge in [0.15, 0.2) is 5.75 Å². The van der Waals surface area contributed by atoms with Crippen molar-refractivity contribution in [2.45, 2.75) is 4.90 Å². The lowest BCUT2D eigenvalue weighted by molar-refractivity contribution is 0.0730. The lowest BCUT2D eigenvalue weighted by atomic mass is 10.1. The highest BCUT2D eigenvalue weighted by molar-refractivity contribution is 7.89. The average molecular weight is 376 g/mol. The minimum absolute atomic E-state index is 0.00119. The number of hydrogen-bond acceptors (Lipinski definition) is 6. The van der Waals surface area contributed by atoms with Gasteiger partial charge in [0.2, 0.25) is 10.0 Å². The van der Waals surface area contributed by atoms with Crippen LogP contribution in [0.1, 0.15) is 10.4 Å². The molecule has 0 saturated carbocycles. The van der Waals surface area contributed by atoms with Crippen LogP contribution in [0.3, 0.4) is 0 Å². The van der Waals surface area contributed by atoms with Crippen LogP contribution < -0.4 is 10.1 Å². The van der Waals surface area contributed by atoms with E-state index in [1.807, 2.05) is 0 Å². The topological polar surface area (TPSA) is 105 Å². The van der Waals surface area contributed by atoms with Crippen molar-refractivity contribution in [2.75, 3.05) is 31.6 Å². The van der Waals surface area contributed by atoms with Crippen LogP contribution in [0.15, 0.2) is 41.3 Å². The molecule has 0 aromatic heterocycles. The van der Waals surface area contributed by atoms with Crippen molar-refractivity contribution in [1.29, 1.82) is 0 Å². The highest BCUT2D eigenvalue weighted by atomic mass is 32.2. The Bertz CT molecular complexity index is 983. The summed E-state index contributed by atoms with van der Waals surface area (Å²) in [5.41, 5.74) is 0.223. The number of phenolic OH excluding ortho intramolecular Hbond substituents is 1. The normalized spacial score (nSPS) is 17.5. The molecule has 0 spiro atoms. The third-order valence-electron chi connectivity index (χ3n) is 4.26. The maximum absolute atomic E-state index is 12.8. The molecule has 2 aliphatic heterocycles. The van der Waals surface area contributed by atoms with Gasteiger partial charge in [-0.2, -0.15) is 4.31 Å². The number of morpholine rings is 1. The minimum atomic E-state index is -3.70. The van der Waals surface area contributed by atoms with E-state index in [-0.39, 0.29) is 40.7 Å². The van der Waals surface area contributed by atoms with Gasteiger partial charge in [-0.3, -0.25) is 4.79 Å². The van der Waals surface area contributed by atoms with Gasteiger partial charge in [0, 0.05) is 13.1 Å². The maximum atomic E-state index is 12.8. The Labute approximate surface area is 150 Å². The predicted octanol–water partition coefficient (Wildman–Crippen LogP) is 1.77. The fourth-order valence-electron chi connectivity index (χ4n) is 2.93. The summed E-state index contributed by atoms with van der Waals surface area (Å²) < 4.78 is 37.8. The van der Waals surface area contributed by atoms with Gasteiger partial charge in [-0.05, 0) is 30.3 Å². The molecule has 0 radical (unpaired) electrons. The second kappa shape index (κ2) is 6.27. The fourth-order valence-corrected chi connectivity index (χ4v) is 4.36. The van der Waals surface area contributed by atoms with E-state index in [0.29, 0.717) is 19.0 Å². The molecular weight excluding hydrogens is 360 g/mol. The SMILES string of the molecule is O=C1Nc2cc(S(=O)(=O)N3CCOCC3)ccc2Oc2cccc(O)c21. The molecule has 0 unspecified atom stereocenters. The van der Waals surface area contributed by atoms with E-state index in [1.165, 1.54) is 28.6 Å². The first-order chi connectivity index (χ1) is 12.5.